The van der Waals surface area contributed by atoms with Gasteiger partial charge in [-0.25, -0.2) is 0 Å². The summed E-state index contributed by atoms with van der Waals surface area (Å²) in [6.45, 7) is 7.03. The SMILES string of the molecule is CCC(CC)(CBr)CNC(=O)c1cc(C)cc(Br)c1. The van der Waals surface area contributed by atoms with Gasteiger partial charge in [-0.1, -0.05) is 45.7 Å². The number of aryl methyl sites for hydroxylation is 1. The zero-order chi connectivity index (χ0) is 14.5. The van der Waals surface area contributed by atoms with Crippen LogP contribution in [0.25, 0.3) is 0 Å². The van der Waals surface area contributed by atoms with Gasteiger partial charge in [0.15, 0.2) is 0 Å². The van der Waals surface area contributed by atoms with Crippen LogP contribution >= 0.6 is 31.9 Å². The van der Waals surface area contributed by atoms with Gasteiger partial charge < -0.3 is 5.32 Å². The van der Waals surface area contributed by atoms with Gasteiger partial charge in [0, 0.05) is 21.9 Å². The third kappa shape index (κ3) is 4.60. The number of hydrogen-bond acceptors (Lipinski definition) is 1. The molecule has 106 valence electrons. The summed E-state index contributed by atoms with van der Waals surface area (Å²) < 4.78 is 0.940. The molecule has 0 radical (unpaired) electrons. The van der Waals surface area contributed by atoms with Gasteiger partial charge in [0.2, 0.25) is 0 Å². The van der Waals surface area contributed by atoms with E-state index in [1.54, 1.807) is 0 Å². The standard InChI is InChI=1S/C15H21Br2NO/c1-4-15(5-2,9-16)10-18-14(19)12-6-11(3)7-13(17)8-12/h6-8H,4-5,9-10H2,1-3H3,(H,18,19). The van der Waals surface area contributed by atoms with E-state index in [0.29, 0.717) is 12.1 Å². The maximum Gasteiger partial charge on any atom is 0.251 e. The number of alkyl halides is 1. The first-order chi connectivity index (χ1) is 8.96. The Bertz CT molecular complexity index is 413. The van der Waals surface area contributed by atoms with E-state index in [2.05, 4.69) is 51.0 Å². The highest BCUT2D eigenvalue weighted by Gasteiger charge is 2.25. The fourth-order valence-corrected chi connectivity index (χ4v) is 3.57. The minimum absolute atomic E-state index is 0.00312. The summed E-state index contributed by atoms with van der Waals surface area (Å²) >= 11 is 6.99. The van der Waals surface area contributed by atoms with Crippen molar-refractivity contribution in [3.8, 4) is 0 Å². The summed E-state index contributed by atoms with van der Waals surface area (Å²) in [6, 6.07) is 5.77. The molecule has 4 heteroatoms. The summed E-state index contributed by atoms with van der Waals surface area (Å²) in [5.41, 5.74) is 1.94. The topological polar surface area (TPSA) is 29.1 Å². The van der Waals surface area contributed by atoms with Crippen molar-refractivity contribution < 1.29 is 4.79 Å². The Hall–Kier alpha value is -0.350. The summed E-state index contributed by atoms with van der Waals surface area (Å²) in [7, 11) is 0. The molecule has 0 aliphatic heterocycles. The first kappa shape index (κ1) is 16.7. The van der Waals surface area contributed by atoms with Crippen molar-refractivity contribution in [3.63, 3.8) is 0 Å². The predicted octanol–water partition coefficient (Wildman–Crippen LogP) is 4.69. The Morgan fingerprint density at radius 2 is 1.89 bits per heavy atom. The predicted molar refractivity (Wildman–Crippen MR) is 88.0 cm³/mol. The molecule has 0 saturated heterocycles. The van der Waals surface area contributed by atoms with Gasteiger partial charge in [-0.05, 0) is 48.9 Å². The summed E-state index contributed by atoms with van der Waals surface area (Å²) in [5.74, 6) is -0.00312. The third-order valence-electron chi connectivity index (χ3n) is 3.71. The molecule has 1 aromatic rings. The monoisotopic (exact) mass is 389 g/mol. The number of hydrogen-bond donors (Lipinski definition) is 1. The van der Waals surface area contributed by atoms with Gasteiger partial charge in [-0.3, -0.25) is 4.79 Å². The average molecular weight is 391 g/mol. The van der Waals surface area contributed by atoms with E-state index in [0.717, 1.165) is 28.2 Å². The Balaban J connectivity index is 2.74. The molecule has 0 spiro atoms. The molecule has 0 bridgehead atoms. The van der Waals surface area contributed by atoms with E-state index in [1.165, 1.54) is 0 Å². The number of halogens is 2. The van der Waals surface area contributed by atoms with Crippen LogP contribution in [-0.2, 0) is 0 Å². The Morgan fingerprint density at radius 3 is 2.37 bits per heavy atom. The molecule has 2 nitrogen and oxygen atoms in total. The number of benzene rings is 1. The Morgan fingerprint density at radius 1 is 1.26 bits per heavy atom. The van der Waals surface area contributed by atoms with Crippen LogP contribution in [0.3, 0.4) is 0 Å². The van der Waals surface area contributed by atoms with Crippen molar-refractivity contribution in [2.24, 2.45) is 5.41 Å². The highest BCUT2D eigenvalue weighted by molar-refractivity contribution is 9.10. The molecule has 0 saturated carbocycles. The zero-order valence-corrected chi connectivity index (χ0v) is 14.9. The molecule has 0 aliphatic carbocycles. The van der Waals surface area contributed by atoms with E-state index < -0.39 is 0 Å². The molecular formula is C15H21Br2NO. The molecule has 0 atom stereocenters. The Labute approximate surface area is 132 Å². The second kappa shape index (κ2) is 7.44. The normalized spacial score (nSPS) is 11.4. The first-order valence-corrected chi connectivity index (χ1v) is 8.49. The van der Waals surface area contributed by atoms with Crippen LogP contribution in [0.15, 0.2) is 22.7 Å². The quantitative estimate of drug-likeness (QED) is 0.701. The molecule has 0 unspecified atom stereocenters. The second-order valence-corrected chi connectivity index (χ2v) is 6.52. The van der Waals surface area contributed by atoms with Crippen molar-refractivity contribution >= 4 is 37.8 Å². The van der Waals surface area contributed by atoms with Gasteiger partial charge in [0.25, 0.3) is 5.91 Å². The average Bonchev–Trinajstić information content (AvgIpc) is 2.39. The van der Waals surface area contributed by atoms with Gasteiger partial charge in [0.1, 0.15) is 0 Å². The minimum Gasteiger partial charge on any atom is -0.351 e. The van der Waals surface area contributed by atoms with Crippen LogP contribution in [-0.4, -0.2) is 17.8 Å². The minimum atomic E-state index is -0.00312. The largest absolute Gasteiger partial charge is 0.351 e. The third-order valence-corrected chi connectivity index (χ3v) is 5.36. The number of carbonyl (C=O) groups is 1. The first-order valence-electron chi connectivity index (χ1n) is 6.57. The molecule has 0 aromatic heterocycles. The van der Waals surface area contributed by atoms with Crippen LogP contribution in [0, 0.1) is 12.3 Å². The molecule has 1 rings (SSSR count). The molecule has 1 N–H and O–H groups in total. The number of amides is 1. The molecular weight excluding hydrogens is 370 g/mol. The van der Waals surface area contributed by atoms with Crippen molar-refractivity contribution in [3.05, 3.63) is 33.8 Å². The lowest BCUT2D eigenvalue weighted by molar-refractivity contribution is 0.0932. The summed E-state index contributed by atoms with van der Waals surface area (Å²) in [5, 5.41) is 3.96. The molecule has 0 aliphatic rings. The second-order valence-electron chi connectivity index (χ2n) is 5.04. The molecule has 1 amide bonds. The zero-order valence-electron chi connectivity index (χ0n) is 11.7. The van der Waals surface area contributed by atoms with Crippen LogP contribution in [0.5, 0.6) is 0 Å². The van der Waals surface area contributed by atoms with E-state index in [4.69, 9.17) is 0 Å². The molecule has 0 heterocycles. The lowest BCUT2D eigenvalue weighted by Crippen LogP contribution is -2.38. The van der Waals surface area contributed by atoms with Crippen LogP contribution in [0.1, 0.15) is 42.6 Å². The number of rotatable bonds is 6. The van der Waals surface area contributed by atoms with E-state index >= 15 is 0 Å². The van der Waals surface area contributed by atoms with E-state index in [1.807, 2.05) is 25.1 Å². The fraction of sp³-hybridized carbons (Fsp3) is 0.533. The lowest BCUT2D eigenvalue weighted by Gasteiger charge is -2.29. The number of nitrogens with one attached hydrogen (secondary N) is 1. The van der Waals surface area contributed by atoms with Gasteiger partial charge >= 0.3 is 0 Å². The molecule has 0 fully saturated rings. The maximum absolute atomic E-state index is 12.2. The van der Waals surface area contributed by atoms with Gasteiger partial charge in [0.05, 0.1) is 0 Å². The van der Waals surface area contributed by atoms with Crippen molar-refractivity contribution in [2.75, 3.05) is 11.9 Å². The molecule has 1 aromatic carbocycles. The van der Waals surface area contributed by atoms with Gasteiger partial charge in [-0.15, -0.1) is 0 Å². The van der Waals surface area contributed by atoms with Crippen molar-refractivity contribution in [1.29, 1.82) is 0 Å². The number of carbonyl (C=O) groups excluding carboxylic acids is 1. The maximum atomic E-state index is 12.2. The van der Waals surface area contributed by atoms with E-state index in [9.17, 15) is 4.79 Å². The lowest BCUT2D eigenvalue weighted by atomic mass is 9.84. The van der Waals surface area contributed by atoms with Crippen LogP contribution in [0.2, 0.25) is 0 Å². The Kier molecular flexibility index (Phi) is 6.54. The van der Waals surface area contributed by atoms with Crippen LogP contribution in [0.4, 0.5) is 0 Å². The van der Waals surface area contributed by atoms with Gasteiger partial charge in [-0.2, -0.15) is 0 Å². The van der Waals surface area contributed by atoms with Crippen LogP contribution < -0.4 is 5.32 Å². The molecule has 19 heavy (non-hydrogen) atoms. The summed E-state index contributed by atoms with van der Waals surface area (Å²) in [4.78, 5) is 12.2. The van der Waals surface area contributed by atoms with E-state index in [-0.39, 0.29) is 11.3 Å². The van der Waals surface area contributed by atoms with Crippen molar-refractivity contribution in [2.45, 2.75) is 33.6 Å². The highest BCUT2D eigenvalue weighted by atomic mass is 79.9. The summed E-state index contributed by atoms with van der Waals surface area (Å²) in [6.07, 6.45) is 2.10. The fourth-order valence-electron chi connectivity index (χ4n) is 1.97. The smallest absolute Gasteiger partial charge is 0.251 e. The highest BCUT2D eigenvalue weighted by Crippen LogP contribution is 2.28. The van der Waals surface area contributed by atoms with Crippen molar-refractivity contribution in [1.82, 2.24) is 5.32 Å².